The molecule has 0 bridgehead atoms. The molecule has 158 valence electrons. The van der Waals surface area contributed by atoms with Crippen LogP contribution in [-0.2, 0) is 12.7 Å². The monoisotopic (exact) mass is 421 g/mol. The molecule has 4 rings (SSSR count). The van der Waals surface area contributed by atoms with Crippen molar-refractivity contribution >= 4 is 16.8 Å². The van der Waals surface area contributed by atoms with E-state index in [-0.39, 0.29) is 5.75 Å². The number of pyridine rings is 1. The molecule has 0 amide bonds. The number of aryl methyl sites for hydroxylation is 1. The molecule has 1 aliphatic rings. The third-order valence-corrected chi connectivity index (χ3v) is 5.59. The number of nitrogens with zero attached hydrogens (tertiary/aromatic N) is 1. The highest BCUT2D eigenvalue weighted by Crippen LogP contribution is 2.29. The van der Waals surface area contributed by atoms with E-state index in [4.69, 9.17) is 4.42 Å². The number of piperazine rings is 1. The molecule has 2 aromatic heterocycles. The second-order valence-corrected chi connectivity index (χ2v) is 7.55. The number of hydrogen-bond donors (Lipinski definition) is 2. The number of aromatic amines is 1. The first-order valence-corrected chi connectivity index (χ1v) is 9.65. The number of H-pyrrole nitrogens is 1. The van der Waals surface area contributed by atoms with Crippen molar-refractivity contribution in [1.82, 2.24) is 0 Å². The number of quaternary nitrogens is 1. The summed E-state index contributed by atoms with van der Waals surface area (Å²) in [6.45, 7) is 5.22. The maximum absolute atomic E-state index is 12.7. The normalized spacial score (nSPS) is 15.7. The van der Waals surface area contributed by atoms with Crippen LogP contribution in [-0.4, -0.2) is 31.3 Å². The van der Waals surface area contributed by atoms with E-state index in [1.165, 1.54) is 17.0 Å². The second kappa shape index (κ2) is 7.64. The number of nitrogens with one attached hydrogen (secondary N) is 2. The molecule has 0 radical (unpaired) electrons. The van der Waals surface area contributed by atoms with Gasteiger partial charge in [-0.25, -0.2) is 9.78 Å². The highest BCUT2D eigenvalue weighted by molar-refractivity contribution is 5.84. The highest BCUT2D eigenvalue weighted by atomic mass is 19.4. The summed E-state index contributed by atoms with van der Waals surface area (Å²) in [7, 11) is 0. The molecule has 3 heterocycles. The quantitative estimate of drug-likeness (QED) is 0.630. The van der Waals surface area contributed by atoms with E-state index in [0.717, 1.165) is 36.3 Å². The SMILES string of the molecule is Cc1c(O)ccc2c(C[NH+]3CCN(c4ccc(C(F)(F)F)c[nH+]4)CC3)cc(=O)oc12. The topological polar surface area (TPSA) is 72.3 Å². The number of aromatic hydroxyl groups is 1. The number of aromatic nitrogens is 1. The number of phenolic OH excluding ortho intramolecular Hbond substituents is 1. The van der Waals surface area contributed by atoms with Gasteiger partial charge >= 0.3 is 11.8 Å². The molecule has 9 heteroatoms. The van der Waals surface area contributed by atoms with Gasteiger partial charge in [-0.15, -0.1) is 0 Å². The molecule has 1 aliphatic heterocycles. The first-order chi connectivity index (χ1) is 14.2. The maximum Gasteiger partial charge on any atom is 0.419 e. The van der Waals surface area contributed by atoms with E-state index < -0.39 is 17.4 Å². The Labute approximate surface area is 170 Å². The van der Waals surface area contributed by atoms with Gasteiger partial charge in [0.25, 0.3) is 5.82 Å². The largest absolute Gasteiger partial charge is 0.508 e. The van der Waals surface area contributed by atoms with Gasteiger partial charge in [-0.2, -0.15) is 13.2 Å². The standard InChI is InChI=1S/C21H20F3N3O3/c1-13-17(28)4-3-16-14(10-19(29)30-20(13)16)12-26-6-8-27(9-7-26)18-5-2-15(11-25-18)21(22,23)24/h2-5,10-11,28H,6-9,12H2,1H3/p+2. The lowest BCUT2D eigenvalue weighted by Gasteiger charge is -2.28. The fourth-order valence-electron chi connectivity index (χ4n) is 3.86. The molecule has 0 unspecified atom stereocenters. The predicted molar refractivity (Wildman–Crippen MR) is 103 cm³/mol. The van der Waals surface area contributed by atoms with E-state index in [1.807, 2.05) is 4.90 Å². The lowest BCUT2D eigenvalue weighted by Crippen LogP contribution is -3.13. The fraction of sp³-hybridized carbons (Fsp3) is 0.333. The summed E-state index contributed by atoms with van der Waals surface area (Å²) >= 11 is 0. The van der Waals surface area contributed by atoms with Crippen molar-refractivity contribution in [1.29, 1.82) is 0 Å². The Morgan fingerprint density at radius 2 is 1.93 bits per heavy atom. The van der Waals surface area contributed by atoms with Crippen molar-refractivity contribution in [2.45, 2.75) is 19.6 Å². The molecule has 3 aromatic rings. The van der Waals surface area contributed by atoms with E-state index in [0.29, 0.717) is 36.6 Å². The molecule has 3 N–H and O–H groups in total. The number of benzene rings is 1. The van der Waals surface area contributed by atoms with Gasteiger partial charge in [0.05, 0.1) is 5.56 Å². The zero-order valence-electron chi connectivity index (χ0n) is 16.3. The van der Waals surface area contributed by atoms with Crippen LogP contribution in [0.4, 0.5) is 19.0 Å². The number of alkyl halides is 3. The highest BCUT2D eigenvalue weighted by Gasteiger charge is 2.33. The molecule has 0 saturated carbocycles. The van der Waals surface area contributed by atoms with Crippen molar-refractivity contribution in [3.8, 4) is 5.75 Å². The van der Waals surface area contributed by atoms with Crippen LogP contribution in [0.5, 0.6) is 5.75 Å². The first-order valence-electron chi connectivity index (χ1n) is 9.65. The van der Waals surface area contributed by atoms with E-state index in [2.05, 4.69) is 4.98 Å². The molecule has 0 spiro atoms. The minimum atomic E-state index is -4.36. The Balaban J connectivity index is 1.47. The van der Waals surface area contributed by atoms with E-state index in [9.17, 15) is 23.1 Å². The Kier molecular flexibility index (Phi) is 5.15. The predicted octanol–water partition coefficient (Wildman–Crippen LogP) is 1.55. The lowest BCUT2D eigenvalue weighted by atomic mass is 10.1. The van der Waals surface area contributed by atoms with Crippen molar-refractivity contribution in [2.24, 2.45) is 0 Å². The van der Waals surface area contributed by atoms with Gasteiger partial charge in [0.1, 0.15) is 50.3 Å². The van der Waals surface area contributed by atoms with Crippen LogP contribution in [0.1, 0.15) is 16.7 Å². The molecule has 1 aromatic carbocycles. The van der Waals surface area contributed by atoms with Crippen molar-refractivity contribution < 1.29 is 32.6 Å². The van der Waals surface area contributed by atoms with Crippen LogP contribution in [0, 0.1) is 6.92 Å². The average molecular weight is 421 g/mol. The summed E-state index contributed by atoms with van der Waals surface area (Å²) in [6.07, 6.45) is -3.38. The number of fused-ring (bicyclic) bond motifs is 1. The zero-order chi connectivity index (χ0) is 21.5. The van der Waals surface area contributed by atoms with Gasteiger partial charge in [-0.3, -0.25) is 4.90 Å². The van der Waals surface area contributed by atoms with E-state index >= 15 is 0 Å². The van der Waals surface area contributed by atoms with Gasteiger partial charge in [0, 0.05) is 28.6 Å². The Morgan fingerprint density at radius 3 is 2.57 bits per heavy atom. The molecule has 0 aliphatic carbocycles. The summed E-state index contributed by atoms with van der Waals surface area (Å²) < 4.78 is 43.5. The maximum atomic E-state index is 12.7. The molecule has 6 nitrogen and oxygen atoms in total. The van der Waals surface area contributed by atoms with Gasteiger partial charge in [-0.1, -0.05) is 0 Å². The summed E-state index contributed by atoms with van der Waals surface area (Å²) in [5.74, 6) is 0.732. The van der Waals surface area contributed by atoms with Crippen molar-refractivity contribution in [3.05, 3.63) is 63.6 Å². The van der Waals surface area contributed by atoms with Crippen molar-refractivity contribution in [2.75, 3.05) is 31.1 Å². The van der Waals surface area contributed by atoms with Crippen molar-refractivity contribution in [3.63, 3.8) is 0 Å². The summed E-state index contributed by atoms with van der Waals surface area (Å²) in [5.41, 5.74) is 0.628. The van der Waals surface area contributed by atoms with Crippen LogP contribution in [0.3, 0.4) is 0 Å². The summed E-state index contributed by atoms with van der Waals surface area (Å²) in [4.78, 5) is 18.0. The van der Waals surface area contributed by atoms with Gasteiger partial charge in [-0.05, 0) is 25.1 Å². The van der Waals surface area contributed by atoms with Gasteiger partial charge in [0.15, 0.2) is 0 Å². The number of anilines is 1. The van der Waals surface area contributed by atoms with Crippen LogP contribution in [0.2, 0.25) is 0 Å². The minimum absolute atomic E-state index is 0.0801. The fourth-order valence-corrected chi connectivity index (χ4v) is 3.86. The molecular formula is C21H22F3N3O3+2. The molecule has 1 fully saturated rings. The lowest BCUT2D eigenvalue weighted by molar-refractivity contribution is -0.914. The summed E-state index contributed by atoms with van der Waals surface area (Å²) in [5, 5.41) is 10.7. The van der Waals surface area contributed by atoms with Crippen LogP contribution in [0.15, 0.2) is 45.7 Å². The third-order valence-electron chi connectivity index (χ3n) is 5.59. The number of rotatable bonds is 3. The molecule has 1 saturated heterocycles. The van der Waals surface area contributed by atoms with Crippen LogP contribution >= 0.6 is 0 Å². The number of halogens is 3. The Bertz CT molecular complexity index is 1120. The molecule has 30 heavy (non-hydrogen) atoms. The molecule has 0 atom stereocenters. The van der Waals surface area contributed by atoms with Crippen LogP contribution < -0.4 is 20.4 Å². The summed E-state index contributed by atoms with van der Waals surface area (Å²) in [6, 6.07) is 7.37. The van der Waals surface area contributed by atoms with E-state index in [1.54, 1.807) is 19.1 Å². The smallest absolute Gasteiger partial charge is 0.419 e. The van der Waals surface area contributed by atoms with Gasteiger partial charge < -0.3 is 14.4 Å². The Hall–Kier alpha value is -3.07. The minimum Gasteiger partial charge on any atom is -0.508 e. The van der Waals surface area contributed by atoms with Gasteiger partial charge in [0.2, 0.25) is 0 Å². The first kappa shape index (κ1) is 20.2. The third kappa shape index (κ3) is 3.97. The zero-order valence-corrected chi connectivity index (χ0v) is 16.3. The van der Waals surface area contributed by atoms with Crippen LogP contribution in [0.25, 0.3) is 11.0 Å². The Morgan fingerprint density at radius 1 is 1.20 bits per heavy atom. The average Bonchev–Trinajstić information content (AvgIpc) is 2.71. The number of phenols is 1. The second-order valence-electron chi connectivity index (χ2n) is 7.55. The molecular weight excluding hydrogens is 399 g/mol. The number of hydrogen-bond acceptors (Lipinski definition) is 4.